The number of hydrogen-bond acceptors (Lipinski definition) is 4. The average molecular weight is 206 g/mol. The first-order valence-corrected chi connectivity index (χ1v) is 5.49. The molecule has 2 atom stereocenters. The summed E-state index contributed by atoms with van der Waals surface area (Å²) >= 11 is 0. The van der Waals surface area contributed by atoms with Crippen molar-refractivity contribution in [2.75, 3.05) is 13.1 Å². The Morgan fingerprint density at radius 1 is 1.47 bits per heavy atom. The van der Waals surface area contributed by atoms with E-state index in [-0.39, 0.29) is 0 Å². The zero-order chi connectivity index (χ0) is 10.7. The van der Waals surface area contributed by atoms with Crippen molar-refractivity contribution in [3.05, 3.63) is 24.3 Å². The van der Waals surface area contributed by atoms with E-state index in [0.717, 1.165) is 25.5 Å². The Labute approximate surface area is 90.5 Å². The van der Waals surface area contributed by atoms with Crippen molar-refractivity contribution >= 4 is 0 Å². The van der Waals surface area contributed by atoms with Crippen molar-refractivity contribution in [1.29, 1.82) is 0 Å². The van der Waals surface area contributed by atoms with Gasteiger partial charge in [0.15, 0.2) is 0 Å². The maximum absolute atomic E-state index is 6.04. The molecule has 1 saturated heterocycles. The Balaban J connectivity index is 1.91. The fourth-order valence-corrected chi connectivity index (χ4v) is 1.92. The van der Waals surface area contributed by atoms with Crippen molar-refractivity contribution in [3.8, 4) is 0 Å². The summed E-state index contributed by atoms with van der Waals surface area (Å²) < 4.78 is 0. The van der Waals surface area contributed by atoms with E-state index in [9.17, 15) is 0 Å². The summed E-state index contributed by atoms with van der Waals surface area (Å²) in [7, 11) is 0. The van der Waals surface area contributed by atoms with Gasteiger partial charge in [-0.25, -0.2) is 9.97 Å². The summed E-state index contributed by atoms with van der Waals surface area (Å²) in [5.74, 6) is 1.53. The van der Waals surface area contributed by atoms with Crippen LogP contribution in [0.25, 0.3) is 0 Å². The molecule has 2 unspecified atom stereocenters. The number of hydrogen-bond donors (Lipinski definition) is 1. The highest BCUT2D eigenvalue weighted by Gasteiger charge is 2.23. The highest BCUT2D eigenvalue weighted by molar-refractivity contribution is 4.90. The molecule has 82 valence electrons. The molecule has 1 aliphatic rings. The quantitative estimate of drug-likeness (QED) is 0.771. The molecule has 1 aromatic heterocycles. The van der Waals surface area contributed by atoms with Crippen LogP contribution in [-0.4, -0.2) is 34.0 Å². The molecule has 0 spiro atoms. The number of rotatable bonds is 2. The van der Waals surface area contributed by atoms with Crippen LogP contribution in [0.4, 0.5) is 0 Å². The van der Waals surface area contributed by atoms with Crippen LogP contribution in [-0.2, 0) is 6.54 Å². The van der Waals surface area contributed by atoms with Crippen LogP contribution in [0.1, 0.15) is 19.2 Å². The predicted octanol–water partition coefficient (Wildman–Crippen LogP) is 0.646. The normalized spacial score (nSPS) is 27.9. The van der Waals surface area contributed by atoms with Crippen LogP contribution in [0.3, 0.4) is 0 Å². The number of likely N-dealkylation sites (tertiary alicyclic amines) is 1. The average Bonchev–Trinajstić information content (AvgIpc) is 2.25. The van der Waals surface area contributed by atoms with Crippen LogP contribution in [0.5, 0.6) is 0 Å². The maximum Gasteiger partial charge on any atom is 0.142 e. The van der Waals surface area contributed by atoms with Gasteiger partial charge in [-0.05, 0) is 24.9 Å². The van der Waals surface area contributed by atoms with E-state index in [0.29, 0.717) is 12.0 Å². The molecule has 1 aromatic rings. The van der Waals surface area contributed by atoms with Gasteiger partial charge in [-0.15, -0.1) is 0 Å². The molecule has 0 bridgehead atoms. The van der Waals surface area contributed by atoms with Gasteiger partial charge in [0.05, 0.1) is 6.54 Å². The van der Waals surface area contributed by atoms with Gasteiger partial charge in [0.1, 0.15) is 5.82 Å². The van der Waals surface area contributed by atoms with E-state index in [1.54, 1.807) is 12.4 Å². The van der Waals surface area contributed by atoms with Crippen LogP contribution in [0.15, 0.2) is 18.5 Å². The van der Waals surface area contributed by atoms with Crippen molar-refractivity contribution in [1.82, 2.24) is 14.9 Å². The molecule has 15 heavy (non-hydrogen) atoms. The van der Waals surface area contributed by atoms with Crippen LogP contribution >= 0.6 is 0 Å². The van der Waals surface area contributed by atoms with Crippen molar-refractivity contribution < 1.29 is 0 Å². The Kier molecular flexibility index (Phi) is 3.28. The number of nitrogens with zero attached hydrogens (tertiary/aromatic N) is 3. The molecular weight excluding hydrogens is 188 g/mol. The third-order valence-electron chi connectivity index (χ3n) is 3.08. The summed E-state index contributed by atoms with van der Waals surface area (Å²) in [5, 5.41) is 0. The zero-order valence-electron chi connectivity index (χ0n) is 9.13. The molecular formula is C11H18N4. The lowest BCUT2D eigenvalue weighted by Crippen LogP contribution is -2.47. The summed E-state index contributed by atoms with van der Waals surface area (Å²) in [5.41, 5.74) is 6.04. The number of piperidine rings is 1. The first-order valence-electron chi connectivity index (χ1n) is 5.49. The van der Waals surface area contributed by atoms with E-state index >= 15 is 0 Å². The second-order valence-corrected chi connectivity index (χ2v) is 4.33. The molecule has 2 rings (SSSR count). The molecule has 0 radical (unpaired) electrons. The van der Waals surface area contributed by atoms with E-state index in [4.69, 9.17) is 5.73 Å². The minimum absolute atomic E-state index is 0.294. The summed E-state index contributed by atoms with van der Waals surface area (Å²) in [4.78, 5) is 10.8. The monoisotopic (exact) mass is 206 g/mol. The van der Waals surface area contributed by atoms with E-state index in [1.807, 2.05) is 6.07 Å². The minimum atomic E-state index is 0.294. The molecule has 4 heteroatoms. The first-order chi connectivity index (χ1) is 7.25. The van der Waals surface area contributed by atoms with Gasteiger partial charge in [-0.1, -0.05) is 6.92 Å². The Bertz CT molecular complexity index is 301. The van der Waals surface area contributed by atoms with Gasteiger partial charge in [-0.3, -0.25) is 4.90 Å². The van der Waals surface area contributed by atoms with Gasteiger partial charge in [-0.2, -0.15) is 0 Å². The topological polar surface area (TPSA) is 55.0 Å². The van der Waals surface area contributed by atoms with E-state index in [1.165, 1.54) is 6.42 Å². The summed E-state index contributed by atoms with van der Waals surface area (Å²) in [6.45, 7) is 5.11. The maximum atomic E-state index is 6.04. The third kappa shape index (κ3) is 2.73. The summed E-state index contributed by atoms with van der Waals surface area (Å²) in [6.07, 6.45) is 4.75. The lowest BCUT2D eigenvalue weighted by molar-refractivity contribution is 0.159. The highest BCUT2D eigenvalue weighted by Crippen LogP contribution is 2.16. The van der Waals surface area contributed by atoms with Gasteiger partial charge in [0.2, 0.25) is 0 Å². The Hall–Kier alpha value is -1.00. The number of aromatic nitrogens is 2. The highest BCUT2D eigenvalue weighted by atomic mass is 15.2. The number of nitrogens with two attached hydrogens (primary N) is 1. The van der Waals surface area contributed by atoms with Crippen LogP contribution in [0.2, 0.25) is 0 Å². The van der Waals surface area contributed by atoms with Gasteiger partial charge >= 0.3 is 0 Å². The second kappa shape index (κ2) is 4.68. The van der Waals surface area contributed by atoms with Gasteiger partial charge in [0.25, 0.3) is 0 Å². The molecule has 2 heterocycles. The van der Waals surface area contributed by atoms with Crippen molar-refractivity contribution in [3.63, 3.8) is 0 Å². The predicted molar refractivity (Wildman–Crippen MR) is 59.1 cm³/mol. The molecule has 1 fully saturated rings. The molecule has 0 saturated carbocycles. The largest absolute Gasteiger partial charge is 0.326 e. The minimum Gasteiger partial charge on any atom is -0.326 e. The fourth-order valence-electron chi connectivity index (χ4n) is 1.92. The molecule has 0 aliphatic carbocycles. The Morgan fingerprint density at radius 2 is 2.20 bits per heavy atom. The first kappa shape index (κ1) is 10.5. The summed E-state index contributed by atoms with van der Waals surface area (Å²) in [6, 6.07) is 2.13. The van der Waals surface area contributed by atoms with Crippen molar-refractivity contribution in [2.45, 2.75) is 25.9 Å². The standard InChI is InChI=1S/C11H18N4/c1-9-3-6-15(7-10(9)12)8-11-13-4-2-5-14-11/h2,4-5,9-10H,3,6-8,12H2,1H3. The van der Waals surface area contributed by atoms with Crippen molar-refractivity contribution in [2.24, 2.45) is 11.7 Å². The van der Waals surface area contributed by atoms with Gasteiger partial charge < -0.3 is 5.73 Å². The SMILES string of the molecule is CC1CCN(Cc2ncccn2)CC1N. The molecule has 2 N–H and O–H groups in total. The van der Waals surface area contributed by atoms with E-state index < -0.39 is 0 Å². The fraction of sp³-hybridized carbons (Fsp3) is 0.636. The second-order valence-electron chi connectivity index (χ2n) is 4.33. The smallest absolute Gasteiger partial charge is 0.142 e. The third-order valence-corrected chi connectivity index (χ3v) is 3.08. The molecule has 0 amide bonds. The zero-order valence-corrected chi connectivity index (χ0v) is 9.13. The molecule has 0 aromatic carbocycles. The van der Waals surface area contributed by atoms with E-state index in [2.05, 4.69) is 21.8 Å². The lowest BCUT2D eigenvalue weighted by atomic mass is 9.94. The lowest BCUT2D eigenvalue weighted by Gasteiger charge is -2.34. The molecule has 1 aliphatic heterocycles. The van der Waals surface area contributed by atoms with Crippen LogP contribution < -0.4 is 5.73 Å². The van der Waals surface area contributed by atoms with Crippen LogP contribution in [0, 0.1) is 5.92 Å². The van der Waals surface area contributed by atoms with Gasteiger partial charge in [0, 0.05) is 25.0 Å². The molecule has 4 nitrogen and oxygen atoms in total. The Morgan fingerprint density at radius 3 is 2.87 bits per heavy atom.